The lowest BCUT2D eigenvalue weighted by molar-refractivity contribution is 0.0794. The number of ether oxygens (including phenoxy) is 1. The number of benzene rings is 2. The molecule has 2 aliphatic rings. The fourth-order valence-corrected chi connectivity index (χ4v) is 4.96. The SMILES string of the molecule is COC1=C(C2=NCc3cnc(Nc4ccc(C(=O)N(C)CCCN)cc4)nc3-c3ccc(Cl)cc32)C(F)CC=C1. The number of nitrogens with one attached hydrogen (secondary N) is 1. The van der Waals surface area contributed by atoms with Gasteiger partial charge in [-0.05, 0) is 55.4 Å². The molecular formula is C30H30ClFN6O2. The van der Waals surface area contributed by atoms with Crippen LogP contribution in [0.25, 0.3) is 11.3 Å². The lowest BCUT2D eigenvalue weighted by atomic mass is 9.89. The van der Waals surface area contributed by atoms with Crippen LogP contribution in [0.1, 0.15) is 34.3 Å². The van der Waals surface area contributed by atoms with Crippen molar-refractivity contribution in [1.82, 2.24) is 14.9 Å². The van der Waals surface area contributed by atoms with Gasteiger partial charge in [0.05, 0.1) is 30.6 Å². The molecule has 40 heavy (non-hydrogen) atoms. The van der Waals surface area contributed by atoms with Crippen LogP contribution in [0.3, 0.4) is 0 Å². The van der Waals surface area contributed by atoms with Gasteiger partial charge in [-0.25, -0.2) is 14.4 Å². The largest absolute Gasteiger partial charge is 0.496 e. The zero-order valence-electron chi connectivity index (χ0n) is 22.3. The Morgan fingerprint density at radius 3 is 2.77 bits per heavy atom. The molecule has 2 heterocycles. The number of aliphatic imine (C=N–C) groups is 1. The summed E-state index contributed by atoms with van der Waals surface area (Å²) in [4.78, 5) is 28.4. The molecule has 10 heteroatoms. The van der Waals surface area contributed by atoms with Crippen molar-refractivity contribution in [3.05, 3.63) is 93.9 Å². The van der Waals surface area contributed by atoms with Gasteiger partial charge >= 0.3 is 0 Å². The fourth-order valence-electron chi connectivity index (χ4n) is 4.79. The number of nitrogens with zero attached hydrogens (tertiary/aromatic N) is 4. The molecule has 0 fully saturated rings. The minimum atomic E-state index is -1.26. The maximum atomic E-state index is 15.2. The van der Waals surface area contributed by atoms with Crippen molar-refractivity contribution in [3.63, 3.8) is 0 Å². The Morgan fingerprint density at radius 1 is 1.23 bits per heavy atom. The fraction of sp³-hybridized carbons (Fsp3) is 0.267. The topological polar surface area (TPSA) is 106 Å². The molecule has 0 radical (unpaired) electrons. The molecule has 0 bridgehead atoms. The van der Waals surface area contributed by atoms with Crippen molar-refractivity contribution >= 4 is 34.9 Å². The Bertz CT molecular complexity index is 1520. The summed E-state index contributed by atoms with van der Waals surface area (Å²) < 4.78 is 20.7. The smallest absolute Gasteiger partial charge is 0.253 e. The number of carbonyl (C=O) groups excluding carboxylic acids is 1. The van der Waals surface area contributed by atoms with E-state index in [-0.39, 0.29) is 18.9 Å². The predicted octanol–water partition coefficient (Wildman–Crippen LogP) is 5.46. The normalized spacial score (nSPS) is 16.0. The zero-order chi connectivity index (χ0) is 28.2. The van der Waals surface area contributed by atoms with Crippen LogP contribution in [0, 0.1) is 0 Å². The lowest BCUT2D eigenvalue weighted by Gasteiger charge is -2.21. The van der Waals surface area contributed by atoms with Crippen molar-refractivity contribution in [3.8, 4) is 11.3 Å². The number of hydrogen-bond donors (Lipinski definition) is 2. The Morgan fingerprint density at radius 2 is 2.02 bits per heavy atom. The number of alkyl halides is 1. The highest BCUT2D eigenvalue weighted by atomic mass is 35.5. The van der Waals surface area contributed by atoms with Crippen LogP contribution < -0.4 is 11.1 Å². The Balaban J connectivity index is 1.46. The van der Waals surface area contributed by atoms with E-state index < -0.39 is 6.17 Å². The number of methoxy groups -OCH3 is 1. The summed E-state index contributed by atoms with van der Waals surface area (Å²) in [6.45, 7) is 1.40. The van der Waals surface area contributed by atoms with Gasteiger partial charge in [0, 0.05) is 59.2 Å². The van der Waals surface area contributed by atoms with Gasteiger partial charge in [-0.1, -0.05) is 23.7 Å². The first kappa shape index (κ1) is 27.5. The summed E-state index contributed by atoms with van der Waals surface area (Å²) in [7, 11) is 3.29. The summed E-state index contributed by atoms with van der Waals surface area (Å²) in [5.41, 5.74) is 10.7. The highest BCUT2D eigenvalue weighted by Crippen LogP contribution is 2.36. The summed E-state index contributed by atoms with van der Waals surface area (Å²) in [6.07, 6.45) is 4.98. The van der Waals surface area contributed by atoms with E-state index in [1.807, 2.05) is 18.2 Å². The lowest BCUT2D eigenvalue weighted by Crippen LogP contribution is -2.28. The minimum Gasteiger partial charge on any atom is -0.496 e. The zero-order valence-corrected chi connectivity index (χ0v) is 23.1. The Kier molecular flexibility index (Phi) is 8.23. The number of anilines is 2. The molecule has 1 unspecified atom stereocenters. The minimum absolute atomic E-state index is 0.0666. The van der Waals surface area contributed by atoms with Crippen molar-refractivity contribution in [2.75, 3.05) is 32.6 Å². The third-order valence-electron chi connectivity index (χ3n) is 6.86. The third-order valence-corrected chi connectivity index (χ3v) is 7.10. The number of rotatable bonds is 8. The molecule has 1 aliphatic carbocycles. The molecular weight excluding hydrogens is 531 g/mol. The van der Waals surface area contributed by atoms with E-state index >= 15 is 4.39 Å². The summed E-state index contributed by atoms with van der Waals surface area (Å²) >= 11 is 6.40. The van der Waals surface area contributed by atoms with Gasteiger partial charge in [-0.15, -0.1) is 0 Å². The molecule has 1 atom stereocenters. The monoisotopic (exact) mass is 560 g/mol. The quantitative estimate of drug-likeness (QED) is 0.379. The second kappa shape index (κ2) is 12.0. The number of amides is 1. The van der Waals surface area contributed by atoms with E-state index in [1.165, 1.54) is 7.11 Å². The van der Waals surface area contributed by atoms with Gasteiger partial charge in [0.1, 0.15) is 11.9 Å². The average molecular weight is 561 g/mol. The predicted molar refractivity (Wildman–Crippen MR) is 156 cm³/mol. The second-order valence-corrected chi connectivity index (χ2v) is 10.0. The van der Waals surface area contributed by atoms with E-state index in [0.717, 1.165) is 23.2 Å². The Hall–Kier alpha value is -4.08. The van der Waals surface area contributed by atoms with Crippen molar-refractivity contribution in [2.24, 2.45) is 10.7 Å². The average Bonchev–Trinajstić information content (AvgIpc) is 3.12. The molecule has 0 spiro atoms. The highest BCUT2D eigenvalue weighted by molar-refractivity contribution is 6.31. The number of hydrogen-bond acceptors (Lipinski definition) is 7. The third kappa shape index (κ3) is 5.61. The molecule has 206 valence electrons. The molecule has 1 aliphatic heterocycles. The number of carbonyl (C=O) groups is 1. The van der Waals surface area contributed by atoms with Gasteiger partial charge in [-0.2, -0.15) is 0 Å². The molecule has 0 saturated carbocycles. The molecule has 8 nitrogen and oxygen atoms in total. The molecule has 5 rings (SSSR count). The molecule has 3 N–H and O–H groups in total. The van der Waals surface area contributed by atoms with Crippen LogP contribution in [0.15, 0.2) is 77.1 Å². The van der Waals surface area contributed by atoms with E-state index in [0.29, 0.717) is 57.9 Å². The van der Waals surface area contributed by atoms with Gasteiger partial charge in [-0.3, -0.25) is 9.79 Å². The summed E-state index contributed by atoms with van der Waals surface area (Å²) in [5, 5.41) is 3.72. The second-order valence-electron chi connectivity index (χ2n) is 9.58. The number of aromatic nitrogens is 2. The van der Waals surface area contributed by atoms with Crippen LogP contribution in [0.5, 0.6) is 0 Å². The number of allylic oxidation sites excluding steroid dienone is 3. The maximum absolute atomic E-state index is 15.2. The van der Waals surface area contributed by atoms with Gasteiger partial charge in [0.25, 0.3) is 5.91 Å². The molecule has 3 aromatic rings. The number of nitrogens with two attached hydrogens (primary N) is 1. The van der Waals surface area contributed by atoms with E-state index in [1.54, 1.807) is 54.6 Å². The molecule has 0 saturated heterocycles. The van der Waals surface area contributed by atoms with Crippen molar-refractivity contribution in [1.29, 1.82) is 0 Å². The van der Waals surface area contributed by atoms with Crippen molar-refractivity contribution in [2.45, 2.75) is 25.6 Å². The highest BCUT2D eigenvalue weighted by Gasteiger charge is 2.30. The first-order valence-electron chi connectivity index (χ1n) is 13.0. The Labute approximate surface area is 237 Å². The van der Waals surface area contributed by atoms with Crippen LogP contribution in [0.4, 0.5) is 16.0 Å². The van der Waals surface area contributed by atoms with Crippen LogP contribution in [0.2, 0.25) is 5.02 Å². The van der Waals surface area contributed by atoms with Crippen LogP contribution in [-0.2, 0) is 11.3 Å². The van der Waals surface area contributed by atoms with Gasteiger partial charge in [0.2, 0.25) is 5.95 Å². The molecule has 2 aromatic carbocycles. The number of fused-ring (bicyclic) bond motifs is 3. The standard InChI is InChI=1S/C30H30ClFN6O2/c1-38(14-4-13-33)29(39)18-7-10-21(11-8-18)36-30-35-17-19-16-34-28(26-24(32)5-3-6-25(26)40-2)23-15-20(31)9-12-22(23)27(19)37-30/h3,6-12,15,17,24H,4-5,13-14,16,33H2,1-2H3,(H,35,36,37). The van der Waals surface area contributed by atoms with E-state index in [4.69, 9.17) is 32.0 Å². The maximum Gasteiger partial charge on any atom is 0.253 e. The van der Waals surface area contributed by atoms with Gasteiger partial charge in [0.15, 0.2) is 0 Å². The van der Waals surface area contributed by atoms with Crippen LogP contribution >= 0.6 is 11.6 Å². The van der Waals surface area contributed by atoms with E-state index in [9.17, 15) is 4.79 Å². The first-order chi connectivity index (χ1) is 19.4. The molecule has 1 amide bonds. The first-order valence-corrected chi connectivity index (χ1v) is 13.4. The number of halogens is 2. The van der Waals surface area contributed by atoms with Crippen molar-refractivity contribution < 1.29 is 13.9 Å². The summed E-state index contributed by atoms with van der Waals surface area (Å²) in [5.74, 6) is 0.751. The summed E-state index contributed by atoms with van der Waals surface area (Å²) in [6, 6.07) is 12.6. The molecule has 1 aromatic heterocycles. The van der Waals surface area contributed by atoms with E-state index in [2.05, 4.69) is 10.3 Å². The van der Waals surface area contributed by atoms with Crippen LogP contribution in [-0.4, -0.2) is 59.9 Å². The van der Waals surface area contributed by atoms with Gasteiger partial charge < -0.3 is 20.7 Å².